The van der Waals surface area contributed by atoms with Crippen molar-refractivity contribution in [1.82, 2.24) is 4.98 Å². The Kier molecular flexibility index (Phi) is 3.78. The van der Waals surface area contributed by atoms with Gasteiger partial charge in [-0.2, -0.15) is 0 Å². The van der Waals surface area contributed by atoms with E-state index in [4.69, 9.17) is 0 Å². The molecule has 0 spiro atoms. The minimum Gasteiger partial charge on any atom is -0.478 e. The average molecular weight is 340 g/mol. The van der Waals surface area contributed by atoms with Crippen LogP contribution in [0.25, 0.3) is 10.6 Å². The lowest BCUT2D eigenvalue weighted by atomic mass is 9.88. The van der Waals surface area contributed by atoms with Crippen LogP contribution in [0.4, 0.5) is 0 Å². The van der Waals surface area contributed by atoms with Gasteiger partial charge in [-0.3, -0.25) is 4.98 Å². The maximum Gasteiger partial charge on any atom is 0.337 e. The Morgan fingerprint density at radius 2 is 1.95 bits per heavy atom. The standard InChI is InChI=1S/C14H14BrNO2S/c1-14(2,3)12-8(13(17)18)4-5-9(16-12)10-6-7-11(15)19-10/h4-7H,1-3H3,(H,17,18). The van der Waals surface area contributed by atoms with Gasteiger partial charge in [-0.25, -0.2) is 4.79 Å². The van der Waals surface area contributed by atoms with Crippen LogP contribution in [-0.4, -0.2) is 16.1 Å². The van der Waals surface area contributed by atoms with Gasteiger partial charge in [-0.05, 0) is 40.2 Å². The predicted octanol–water partition coefficient (Wildman–Crippen LogP) is 4.57. The first-order chi connectivity index (χ1) is 8.79. The maximum absolute atomic E-state index is 11.3. The highest BCUT2D eigenvalue weighted by molar-refractivity contribution is 9.11. The fourth-order valence-electron chi connectivity index (χ4n) is 1.79. The second-order valence-electron chi connectivity index (χ2n) is 5.25. The number of rotatable bonds is 2. The van der Waals surface area contributed by atoms with Crippen LogP contribution in [0, 0.1) is 0 Å². The van der Waals surface area contributed by atoms with Crippen molar-refractivity contribution >= 4 is 33.2 Å². The molecule has 1 N–H and O–H groups in total. The highest BCUT2D eigenvalue weighted by Crippen LogP contribution is 2.32. The molecule has 0 atom stereocenters. The lowest BCUT2D eigenvalue weighted by Crippen LogP contribution is -2.19. The van der Waals surface area contributed by atoms with Crippen molar-refractivity contribution < 1.29 is 9.90 Å². The first-order valence-corrected chi connectivity index (χ1v) is 7.40. The van der Waals surface area contributed by atoms with E-state index in [0.717, 1.165) is 14.4 Å². The third kappa shape index (κ3) is 3.04. The molecule has 2 aromatic heterocycles. The normalized spacial score (nSPS) is 11.6. The summed E-state index contributed by atoms with van der Waals surface area (Å²) in [5.74, 6) is -0.934. The van der Waals surface area contributed by atoms with Gasteiger partial charge in [0.25, 0.3) is 0 Å². The van der Waals surface area contributed by atoms with Crippen LogP contribution >= 0.6 is 27.3 Å². The summed E-state index contributed by atoms with van der Waals surface area (Å²) >= 11 is 5.00. The number of carbonyl (C=O) groups is 1. The second-order valence-corrected chi connectivity index (χ2v) is 7.71. The molecule has 2 rings (SSSR count). The van der Waals surface area contributed by atoms with Gasteiger partial charge in [0.15, 0.2) is 0 Å². The summed E-state index contributed by atoms with van der Waals surface area (Å²) in [6.45, 7) is 5.90. The van der Waals surface area contributed by atoms with E-state index < -0.39 is 5.97 Å². The van der Waals surface area contributed by atoms with E-state index in [1.54, 1.807) is 23.5 Å². The molecule has 2 heterocycles. The number of hydrogen-bond acceptors (Lipinski definition) is 3. The van der Waals surface area contributed by atoms with E-state index >= 15 is 0 Å². The van der Waals surface area contributed by atoms with Gasteiger partial charge < -0.3 is 5.11 Å². The molecule has 19 heavy (non-hydrogen) atoms. The van der Waals surface area contributed by atoms with E-state index in [-0.39, 0.29) is 11.0 Å². The number of carboxylic acid groups (broad SMARTS) is 1. The number of nitrogens with zero attached hydrogens (tertiary/aromatic N) is 1. The molecule has 0 aliphatic rings. The summed E-state index contributed by atoms with van der Waals surface area (Å²) in [6.07, 6.45) is 0. The quantitative estimate of drug-likeness (QED) is 0.871. The van der Waals surface area contributed by atoms with E-state index in [0.29, 0.717) is 5.69 Å². The van der Waals surface area contributed by atoms with Crippen LogP contribution in [0.5, 0.6) is 0 Å². The zero-order chi connectivity index (χ0) is 14.2. The van der Waals surface area contributed by atoms with Gasteiger partial charge in [0.05, 0.1) is 25.6 Å². The number of aromatic carboxylic acids is 1. The Morgan fingerprint density at radius 3 is 2.42 bits per heavy atom. The molecule has 0 saturated carbocycles. The summed E-state index contributed by atoms with van der Waals surface area (Å²) in [6, 6.07) is 7.34. The number of carboxylic acids is 1. The monoisotopic (exact) mass is 339 g/mol. The van der Waals surface area contributed by atoms with Crippen LogP contribution in [0.1, 0.15) is 36.8 Å². The molecular weight excluding hydrogens is 326 g/mol. The van der Waals surface area contributed by atoms with E-state index in [1.165, 1.54) is 0 Å². The minimum atomic E-state index is -0.934. The van der Waals surface area contributed by atoms with Gasteiger partial charge in [0.1, 0.15) is 0 Å². The topological polar surface area (TPSA) is 50.2 Å². The molecule has 5 heteroatoms. The molecule has 0 aromatic carbocycles. The maximum atomic E-state index is 11.3. The summed E-state index contributed by atoms with van der Waals surface area (Å²) in [5, 5.41) is 9.25. The van der Waals surface area contributed by atoms with Crippen LogP contribution in [-0.2, 0) is 5.41 Å². The summed E-state index contributed by atoms with van der Waals surface area (Å²) in [7, 11) is 0. The van der Waals surface area contributed by atoms with Gasteiger partial charge >= 0.3 is 5.97 Å². The van der Waals surface area contributed by atoms with Crippen LogP contribution in [0.3, 0.4) is 0 Å². The Labute approximate surface area is 124 Å². The number of hydrogen-bond donors (Lipinski definition) is 1. The molecule has 0 radical (unpaired) electrons. The van der Waals surface area contributed by atoms with Crippen molar-refractivity contribution in [2.45, 2.75) is 26.2 Å². The molecule has 0 amide bonds. The molecule has 0 aliphatic carbocycles. The number of thiophene rings is 1. The lowest BCUT2D eigenvalue weighted by molar-refractivity contribution is 0.0693. The predicted molar refractivity (Wildman–Crippen MR) is 80.9 cm³/mol. The first-order valence-electron chi connectivity index (χ1n) is 5.79. The third-order valence-electron chi connectivity index (χ3n) is 2.66. The fraction of sp³-hybridized carbons (Fsp3) is 0.286. The smallest absolute Gasteiger partial charge is 0.337 e. The van der Waals surface area contributed by atoms with E-state index in [1.807, 2.05) is 32.9 Å². The van der Waals surface area contributed by atoms with Crippen molar-refractivity contribution in [3.63, 3.8) is 0 Å². The summed E-state index contributed by atoms with van der Waals surface area (Å²) in [4.78, 5) is 16.9. The number of pyridine rings is 1. The molecule has 2 aromatic rings. The fourth-order valence-corrected chi connectivity index (χ4v) is 3.15. The van der Waals surface area contributed by atoms with Crippen LogP contribution in [0.2, 0.25) is 0 Å². The summed E-state index contributed by atoms with van der Waals surface area (Å²) < 4.78 is 1.03. The highest BCUT2D eigenvalue weighted by Gasteiger charge is 2.24. The van der Waals surface area contributed by atoms with Crippen molar-refractivity contribution in [2.75, 3.05) is 0 Å². The zero-order valence-corrected chi connectivity index (χ0v) is 13.3. The van der Waals surface area contributed by atoms with Crippen LogP contribution < -0.4 is 0 Å². The number of aromatic nitrogens is 1. The lowest BCUT2D eigenvalue weighted by Gasteiger charge is -2.20. The van der Waals surface area contributed by atoms with E-state index in [9.17, 15) is 9.90 Å². The molecule has 100 valence electrons. The Morgan fingerprint density at radius 1 is 1.26 bits per heavy atom. The summed E-state index contributed by atoms with van der Waals surface area (Å²) in [5.41, 5.74) is 1.39. The zero-order valence-electron chi connectivity index (χ0n) is 10.9. The van der Waals surface area contributed by atoms with Crippen LogP contribution in [0.15, 0.2) is 28.1 Å². The molecule has 0 fully saturated rings. The van der Waals surface area contributed by atoms with Gasteiger partial charge in [0.2, 0.25) is 0 Å². The Balaban J connectivity index is 2.59. The van der Waals surface area contributed by atoms with Gasteiger partial charge in [-0.1, -0.05) is 20.8 Å². The second kappa shape index (κ2) is 5.06. The molecular formula is C14H14BrNO2S. The Bertz CT molecular complexity index is 629. The van der Waals surface area contributed by atoms with Gasteiger partial charge in [-0.15, -0.1) is 11.3 Å². The molecule has 0 aliphatic heterocycles. The first kappa shape index (κ1) is 14.2. The average Bonchev–Trinajstić information content (AvgIpc) is 2.74. The van der Waals surface area contributed by atoms with Crippen molar-refractivity contribution in [3.8, 4) is 10.6 Å². The number of halogens is 1. The molecule has 0 unspecified atom stereocenters. The molecule has 0 bridgehead atoms. The van der Waals surface area contributed by atoms with Crippen molar-refractivity contribution in [2.24, 2.45) is 0 Å². The van der Waals surface area contributed by atoms with Gasteiger partial charge in [0, 0.05) is 5.41 Å². The van der Waals surface area contributed by atoms with Crippen molar-refractivity contribution in [1.29, 1.82) is 0 Å². The Hall–Kier alpha value is -1.20. The highest BCUT2D eigenvalue weighted by atomic mass is 79.9. The SMILES string of the molecule is CC(C)(C)c1nc(-c2ccc(Br)s2)ccc1C(=O)O. The molecule has 3 nitrogen and oxygen atoms in total. The third-order valence-corrected chi connectivity index (χ3v) is 4.31. The minimum absolute atomic E-state index is 0.270. The molecule has 0 saturated heterocycles. The van der Waals surface area contributed by atoms with E-state index in [2.05, 4.69) is 20.9 Å². The largest absolute Gasteiger partial charge is 0.478 e. The van der Waals surface area contributed by atoms with Crippen molar-refractivity contribution in [3.05, 3.63) is 39.3 Å².